The van der Waals surface area contributed by atoms with Gasteiger partial charge in [-0.25, -0.2) is 9.69 Å². The van der Waals surface area contributed by atoms with E-state index in [-0.39, 0.29) is 24.5 Å². The molecule has 0 aromatic heterocycles. The number of imide groups is 2. The van der Waals surface area contributed by atoms with Gasteiger partial charge < -0.3 is 9.47 Å². The van der Waals surface area contributed by atoms with Gasteiger partial charge in [-0.3, -0.25) is 14.9 Å². The van der Waals surface area contributed by atoms with Crippen LogP contribution in [-0.4, -0.2) is 24.5 Å². The molecule has 1 N–H and O–H groups in total. The topological polar surface area (TPSA) is 84.9 Å². The highest BCUT2D eigenvalue weighted by molar-refractivity contribution is 6.39. The van der Waals surface area contributed by atoms with Gasteiger partial charge in [0.05, 0.1) is 5.69 Å². The van der Waals surface area contributed by atoms with Crippen LogP contribution in [0.15, 0.2) is 72.3 Å². The molecule has 0 atom stereocenters. The maximum Gasteiger partial charge on any atom is 0.335 e. The Kier molecular flexibility index (Phi) is 7.59. The molecule has 1 heterocycles. The molecule has 7 nitrogen and oxygen atoms in total. The van der Waals surface area contributed by atoms with E-state index < -0.39 is 17.8 Å². The van der Waals surface area contributed by atoms with Gasteiger partial charge in [0.15, 0.2) is 0 Å². The molecule has 0 spiro atoms. The SMILES string of the molecule is C#CCOc1cccc(/C=C2/C(=O)NC(=O)N(c3ccc(OCc4ccc(Cl)cc4Cl)cc3)C2=O)c1. The molecule has 3 aromatic carbocycles. The fourth-order valence-electron chi connectivity index (χ4n) is 3.37. The van der Waals surface area contributed by atoms with Crippen LogP contribution in [0.1, 0.15) is 11.1 Å². The smallest absolute Gasteiger partial charge is 0.335 e. The number of amides is 4. The molecule has 0 saturated carbocycles. The maximum absolute atomic E-state index is 13.1. The van der Waals surface area contributed by atoms with Crippen molar-refractivity contribution in [3.05, 3.63) is 93.5 Å². The van der Waals surface area contributed by atoms with Crippen molar-refractivity contribution < 1.29 is 23.9 Å². The van der Waals surface area contributed by atoms with Crippen molar-refractivity contribution >= 4 is 52.8 Å². The normalized spacial score (nSPS) is 14.4. The van der Waals surface area contributed by atoms with Crippen LogP contribution in [0.2, 0.25) is 10.0 Å². The summed E-state index contributed by atoms with van der Waals surface area (Å²) in [4.78, 5) is 38.9. The number of nitrogens with zero attached hydrogens (tertiary/aromatic N) is 1. The van der Waals surface area contributed by atoms with Crippen LogP contribution in [-0.2, 0) is 16.2 Å². The van der Waals surface area contributed by atoms with Crippen LogP contribution >= 0.6 is 23.2 Å². The molecular weight excluding hydrogens is 503 g/mol. The Morgan fingerprint density at radius 1 is 0.944 bits per heavy atom. The molecule has 1 aliphatic heterocycles. The lowest BCUT2D eigenvalue weighted by Crippen LogP contribution is -2.54. The Morgan fingerprint density at radius 2 is 1.72 bits per heavy atom. The first-order valence-corrected chi connectivity index (χ1v) is 11.4. The Balaban J connectivity index is 1.52. The molecule has 1 aliphatic rings. The first-order chi connectivity index (χ1) is 17.4. The van der Waals surface area contributed by atoms with Gasteiger partial charge in [0, 0.05) is 15.6 Å². The second kappa shape index (κ2) is 11.0. The molecule has 0 aliphatic carbocycles. The number of terminal acetylenes is 1. The predicted octanol–water partition coefficient (Wildman–Crippen LogP) is 5.25. The van der Waals surface area contributed by atoms with E-state index in [0.717, 1.165) is 10.5 Å². The van der Waals surface area contributed by atoms with Crippen LogP contribution in [0.3, 0.4) is 0 Å². The molecule has 0 bridgehead atoms. The fourth-order valence-corrected chi connectivity index (χ4v) is 3.83. The molecule has 4 rings (SSSR count). The van der Waals surface area contributed by atoms with Gasteiger partial charge >= 0.3 is 6.03 Å². The van der Waals surface area contributed by atoms with Crippen LogP contribution in [0.5, 0.6) is 11.5 Å². The first-order valence-electron chi connectivity index (χ1n) is 10.6. The van der Waals surface area contributed by atoms with E-state index in [1.807, 2.05) is 0 Å². The van der Waals surface area contributed by atoms with E-state index in [9.17, 15) is 14.4 Å². The Labute approximate surface area is 217 Å². The minimum atomic E-state index is -0.852. The zero-order valence-corrected chi connectivity index (χ0v) is 20.2. The number of ether oxygens (including phenoxy) is 2. The third-order valence-corrected chi connectivity index (χ3v) is 5.68. The van der Waals surface area contributed by atoms with Crippen LogP contribution in [0.25, 0.3) is 6.08 Å². The summed E-state index contributed by atoms with van der Waals surface area (Å²) in [7, 11) is 0. The third-order valence-electron chi connectivity index (χ3n) is 5.10. The Morgan fingerprint density at radius 3 is 2.44 bits per heavy atom. The van der Waals surface area contributed by atoms with Crippen molar-refractivity contribution in [3.8, 4) is 23.8 Å². The molecule has 1 saturated heterocycles. The molecule has 1 fully saturated rings. The van der Waals surface area contributed by atoms with E-state index in [1.165, 1.54) is 18.2 Å². The first kappa shape index (κ1) is 24.9. The standard InChI is InChI=1S/C27H18Cl2N2O5/c1-2-12-35-22-5-3-4-17(13-22)14-23-25(32)30-27(34)31(26(23)33)20-8-10-21(11-9-20)36-16-18-6-7-19(28)15-24(18)29/h1,3-11,13-15H,12,16H2,(H,30,32,34)/b23-14-. The zero-order chi connectivity index (χ0) is 25.7. The molecule has 3 aromatic rings. The molecule has 36 heavy (non-hydrogen) atoms. The van der Waals surface area contributed by atoms with E-state index in [2.05, 4.69) is 11.2 Å². The quantitative estimate of drug-likeness (QED) is 0.261. The summed E-state index contributed by atoms with van der Waals surface area (Å²) >= 11 is 12.1. The highest BCUT2D eigenvalue weighted by Gasteiger charge is 2.36. The van der Waals surface area contributed by atoms with Crippen LogP contribution < -0.4 is 19.7 Å². The number of benzene rings is 3. The van der Waals surface area contributed by atoms with Gasteiger partial charge in [-0.15, -0.1) is 6.42 Å². The number of anilines is 1. The summed E-state index contributed by atoms with van der Waals surface area (Å²) in [6.07, 6.45) is 6.59. The second-order valence-electron chi connectivity index (χ2n) is 7.54. The molecule has 0 radical (unpaired) electrons. The summed E-state index contributed by atoms with van der Waals surface area (Å²) in [5, 5.41) is 3.20. The highest BCUT2D eigenvalue weighted by Crippen LogP contribution is 2.27. The van der Waals surface area contributed by atoms with Gasteiger partial charge in [0.2, 0.25) is 0 Å². The molecule has 180 valence electrons. The Hall–Kier alpha value is -4.25. The number of hydrogen-bond acceptors (Lipinski definition) is 5. The zero-order valence-electron chi connectivity index (χ0n) is 18.7. The van der Waals surface area contributed by atoms with Crippen molar-refractivity contribution in [2.45, 2.75) is 6.61 Å². The summed E-state index contributed by atoms with van der Waals surface area (Å²) in [5.74, 6) is 1.78. The minimum Gasteiger partial charge on any atom is -0.489 e. The van der Waals surface area contributed by atoms with Crippen molar-refractivity contribution in [1.82, 2.24) is 5.32 Å². The predicted molar refractivity (Wildman–Crippen MR) is 137 cm³/mol. The van der Waals surface area contributed by atoms with Crippen LogP contribution in [0, 0.1) is 12.3 Å². The summed E-state index contributed by atoms with van der Waals surface area (Å²) < 4.78 is 11.1. The number of carbonyl (C=O) groups is 3. The summed E-state index contributed by atoms with van der Waals surface area (Å²) in [5.41, 5.74) is 1.33. The van der Waals surface area contributed by atoms with Gasteiger partial charge in [-0.2, -0.15) is 0 Å². The molecular formula is C27H18Cl2N2O5. The summed E-state index contributed by atoms with van der Waals surface area (Å²) in [6.45, 7) is 0.276. The highest BCUT2D eigenvalue weighted by atomic mass is 35.5. The number of carbonyl (C=O) groups excluding carboxylic acids is 3. The maximum atomic E-state index is 13.1. The van der Waals surface area contributed by atoms with Gasteiger partial charge in [-0.05, 0) is 60.2 Å². The van der Waals surface area contributed by atoms with Gasteiger partial charge in [-0.1, -0.05) is 47.3 Å². The number of urea groups is 1. The van der Waals surface area contributed by atoms with Crippen molar-refractivity contribution in [1.29, 1.82) is 0 Å². The number of hydrogen-bond donors (Lipinski definition) is 1. The lowest BCUT2D eigenvalue weighted by Gasteiger charge is -2.26. The van der Waals surface area contributed by atoms with Crippen molar-refractivity contribution in [2.75, 3.05) is 11.5 Å². The number of halogens is 2. The fraction of sp³-hybridized carbons (Fsp3) is 0.0741. The van der Waals surface area contributed by atoms with E-state index in [4.69, 9.17) is 39.1 Å². The largest absolute Gasteiger partial charge is 0.489 e. The van der Waals surface area contributed by atoms with Crippen molar-refractivity contribution in [2.24, 2.45) is 0 Å². The van der Waals surface area contributed by atoms with E-state index in [1.54, 1.807) is 54.6 Å². The van der Waals surface area contributed by atoms with Crippen LogP contribution in [0.4, 0.5) is 10.5 Å². The molecule has 0 unspecified atom stereocenters. The minimum absolute atomic E-state index is 0.0775. The van der Waals surface area contributed by atoms with Crippen molar-refractivity contribution in [3.63, 3.8) is 0 Å². The number of rotatable bonds is 7. The average molecular weight is 521 g/mol. The number of barbiturate groups is 1. The van der Waals surface area contributed by atoms with Gasteiger partial charge in [0.1, 0.15) is 30.3 Å². The lowest BCUT2D eigenvalue weighted by atomic mass is 10.1. The third kappa shape index (κ3) is 5.69. The lowest BCUT2D eigenvalue weighted by molar-refractivity contribution is -0.122. The van der Waals surface area contributed by atoms with E-state index in [0.29, 0.717) is 27.1 Å². The van der Waals surface area contributed by atoms with E-state index >= 15 is 0 Å². The second-order valence-corrected chi connectivity index (χ2v) is 8.39. The number of nitrogens with one attached hydrogen (secondary N) is 1. The Bertz CT molecular complexity index is 1410. The molecule has 9 heteroatoms. The van der Waals surface area contributed by atoms with Gasteiger partial charge in [0.25, 0.3) is 11.8 Å². The monoisotopic (exact) mass is 520 g/mol. The summed E-state index contributed by atoms with van der Waals surface area (Å²) in [6, 6.07) is 17.2. The molecule has 4 amide bonds. The average Bonchev–Trinajstić information content (AvgIpc) is 2.86.